The number of hydrogen-bond donors (Lipinski definition) is 1. The lowest BCUT2D eigenvalue weighted by atomic mass is 10.1. The van der Waals surface area contributed by atoms with Crippen LogP contribution in [0, 0.1) is 6.92 Å². The minimum Gasteiger partial charge on any atom is -0.497 e. The van der Waals surface area contributed by atoms with Crippen molar-refractivity contribution >= 4 is 5.91 Å². The van der Waals surface area contributed by atoms with Crippen LogP contribution in [0.1, 0.15) is 27.7 Å². The van der Waals surface area contributed by atoms with Crippen molar-refractivity contribution in [3.63, 3.8) is 0 Å². The molecule has 1 heterocycles. The first-order valence-electron chi connectivity index (χ1n) is 7.15. The number of furan rings is 1. The van der Waals surface area contributed by atoms with Crippen molar-refractivity contribution in [2.75, 3.05) is 27.7 Å². The normalized spacial score (nSPS) is 12.2. The Morgan fingerprint density at radius 3 is 2.45 bits per heavy atom. The van der Waals surface area contributed by atoms with Gasteiger partial charge >= 0.3 is 0 Å². The number of hydrogen-bond acceptors (Lipinski definition) is 4. The van der Waals surface area contributed by atoms with Crippen LogP contribution in [0.15, 0.2) is 41.0 Å². The molecule has 118 valence electrons. The lowest BCUT2D eigenvalue weighted by molar-refractivity contribution is 0.0940. The third-order valence-corrected chi connectivity index (χ3v) is 3.68. The summed E-state index contributed by atoms with van der Waals surface area (Å²) in [6.07, 6.45) is 1.52. The van der Waals surface area contributed by atoms with Crippen LogP contribution in [-0.4, -0.2) is 38.6 Å². The largest absolute Gasteiger partial charge is 0.497 e. The molecule has 2 aromatic rings. The van der Waals surface area contributed by atoms with E-state index in [1.165, 1.54) is 6.26 Å². The average molecular weight is 302 g/mol. The fourth-order valence-corrected chi connectivity index (χ4v) is 2.33. The Labute approximate surface area is 130 Å². The number of ether oxygens (including phenoxy) is 1. The van der Waals surface area contributed by atoms with Gasteiger partial charge in [0.15, 0.2) is 0 Å². The molecule has 0 saturated heterocycles. The van der Waals surface area contributed by atoms with Crippen LogP contribution >= 0.6 is 0 Å². The summed E-state index contributed by atoms with van der Waals surface area (Å²) in [5, 5.41) is 2.96. The van der Waals surface area contributed by atoms with Gasteiger partial charge in [0.25, 0.3) is 5.91 Å². The van der Waals surface area contributed by atoms with E-state index in [4.69, 9.17) is 9.15 Å². The Kier molecular flexibility index (Phi) is 5.22. The van der Waals surface area contributed by atoms with E-state index in [9.17, 15) is 4.79 Å². The second kappa shape index (κ2) is 7.13. The van der Waals surface area contributed by atoms with Crippen LogP contribution in [0.2, 0.25) is 0 Å². The van der Waals surface area contributed by atoms with Crippen molar-refractivity contribution in [2.24, 2.45) is 0 Å². The SMILES string of the molecule is COc1ccc(C(CNC(=O)c2ccoc2C)N(C)C)cc1. The van der Waals surface area contributed by atoms with E-state index in [2.05, 4.69) is 10.2 Å². The molecule has 1 aromatic carbocycles. The standard InChI is InChI=1S/C17H22N2O3/c1-12-15(9-10-22-12)17(20)18-11-16(19(2)3)13-5-7-14(21-4)8-6-13/h5-10,16H,11H2,1-4H3,(H,18,20). The molecule has 2 rings (SSSR count). The molecule has 5 nitrogen and oxygen atoms in total. The summed E-state index contributed by atoms with van der Waals surface area (Å²) >= 11 is 0. The maximum Gasteiger partial charge on any atom is 0.254 e. The highest BCUT2D eigenvalue weighted by atomic mass is 16.5. The molecule has 0 spiro atoms. The Hall–Kier alpha value is -2.27. The highest BCUT2D eigenvalue weighted by Crippen LogP contribution is 2.21. The molecule has 0 aliphatic rings. The first kappa shape index (κ1) is 16.1. The number of amides is 1. The van der Waals surface area contributed by atoms with Gasteiger partial charge in [-0.2, -0.15) is 0 Å². The van der Waals surface area contributed by atoms with Crippen LogP contribution in [0.5, 0.6) is 5.75 Å². The number of nitrogens with one attached hydrogen (secondary N) is 1. The first-order valence-corrected chi connectivity index (χ1v) is 7.15. The van der Waals surface area contributed by atoms with Crippen LogP contribution in [0.4, 0.5) is 0 Å². The number of aryl methyl sites for hydroxylation is 1. The molecular weight excluding hydrogens is 280 g/mol. The fourth-order valence-electron chi connectivity index (χ4n) is 2.33. The number of methoxy groups -OCH3 is 1. The van der Waals surface area contributed by atoms with E-state index >= 15 is 0 Å². The maximum atomic E-state index is 12.2. The maximum absolute atomic E-state index is 12.2. The fraction of sp³-hybridized carbons (Fsp3) is 0.353. The highest BCUT2D eigenvalue weighted by Gasteiger charge is 2.17. The van der Waals surface area contributed by atoms with Crippen molar-refractivity contribution in [3.8, 4) is 5.75 Å². The van der Waals surface area contributed by atoms with Crippen molar-refractivity contribution in [1.29, 1.82) is 0 Å². The monoisotopic (exact) mass is 302 g/mol. The Morgan fingerprint density at radius 1 is 1.27 bits per heavy atom. The molecule has 1 N–H and O–H groups in total. The van der Waals surface area contributed by atoms with Crippen molar-refractivity contribution < 1.29 is 13.9 Å². The second-order valence-corrected chi connectivity index (χ2v) is 5.35. The molecule has 0 bridgehead atoms. The molecule has 1 unspecified atom stereocenters. The topological polar surface area (TPSA) is 54.7 Å². The Bertz CT molecular complexity index is 617. The summed E-state index contributed by atoms with van der Waals surface area (Å²) < 4.78 is 10.3. The Morgan fingerprint density at radius 2 is 1.95 bits per heavy atom. The summed E-state index contributed by atoms with van der Waals surface area (Å²) in [4.78, 5) is 14.2. The van der Waals surface area contributed by atoms with E-state index < -0.39 is 0 Å². The molecule has 5 heteroatoms. The summed E-state index contributed by atoms with van der Waals surface area (Å²) in [6.45, 7) is 2.30. The molecule has 1 atom stereocenters. The molecule has 1 amide bonds. The van der Waals surface area contributed by atoms with Gasteiger partial charge in [0.05, 0.1) is 25.0 Å². The van der Waals surface area contributed by atoms with Crippen molar-refractivity contribution in [1.82, 2.24) is 10.2 Å². The van der Waals surface area contributed by atoms with E-state index in [1.807, 2.05) is 38.4 Å². The lowest BCUT2D eigenvalue weighted by Crippen LogP contribution is -2.34. The number of carbonyl (C=O) groups is 1. The van der Waals surface area contributed by atoms with E-state index in [0.717, 1.165) is 11.3 Å². The molecule has 1 aromatic heterocycles. The quantitative estimate of drug-likeness (QED) is 0.891. The van der Waals surface area contributed by atoms with E-state index in [-0.39, 0.29) is 11.9 Å². The molecular formula is C17H22N2O3. The molecule has 0 aliphatic heterocycles. The number of carbonyl (C=O) groups excluding carboxylic acids is 1. The number of rotatable bonds is 6. The molecule has 0 fully saturated rings. The summed E-state index contributed by atoms with van der Waals surface area (Å²) in [7, 11) is 5.63. The number of benzene rings is 1. The van der Waals surface area contributed by atoms with Crippen LogP contribution < -0.4 is 10.1 Å². The van der Waals surface area contributed by atoms with Gasteiger partial charge in [0, 0.05) is 6.54 Å². The summed E-state index contributed by atoms with van der Waals surface area (Å²) in [6, 6.07) is 9.64. The molecule has 22 heavy (non-hydrogen) atoms. The molecule has 0 radical (unpaired) electrons. The minimum absolute atomic E-state index is 0.0852. The van der Waals surface area contributed by atoms with Crippen LogP contribution in [0.3, 0.4) is 0 Å². The summed E-state index contributed by atoms with van der Waals surface area (Å²) in [5.74, 6) is 1.33. The number of nitrogens with zero attached hydrogens (tertiary/aromatic N) is 1. The highest BCUT2D eigenvalue weighted by molar-refractivity contribution is 5.95. The van der Waals surface area contributed by atoms with E-state index in [1.54, 1.807) is 20.1 Å². The summed E-state index contributed by atoms with van der Waals surface area (Å²) in [5.41, 5.74) is 1.70. The first-order chi connectivity index (χ1) is 10.5. The van der Waals surface area contributed by atoms with Crippen LogP contribution in [0.25, 0.3) is 0 Å². The van der Waals surface area contributed by atoms with Gasteiger partial charge in [-0.3, -0.25) is 4.79 Å². The van der Waals surface area contributed by atoms with Gasteiger partial charge in [-0.25, -0.2) is 0 Å². The minimum atomic E-state index is -0.119. The zero-order valence-corrected chi connectivity index (χ0v) is 13.4. The lowest BCUT2D eigenvalue weighted by Gasteiger charge is -2.25. The zero-order chi connectivity index (χ0) is 16.1. The van der Waals surface area contributed by atoms with Gasteiger partial charge in [0.2, 0.25) is 0 Å². The van der Waals surface area contributed by atoms with Crippen LogP contribution in [-0.2, 0) is 0 Å². The smallest absolute Gasteiger partial charge is 0.254 e. The van der Waals surface area contributed by atoms with E-state index in [0.29, 0.717) is 17.9 Å². The average Bonchev–Trinajstić information content (AvgIpc) is 2.94. The zero-order valence-electron chi connectivity index (χ0n) is 13.4. The van der Waals surface area contributed by atoms with Gasteiger partial charge in [-0.15, -0.1) is 0 Å². The third-order valence-electron chi connectivity index (χ3n) is 3.68. The van der Waals surface area contributed by atoms with Gasteiger partial charge in [0.1, 0.15) is 11.5 Å². The predicted octanol–water partition coefficient (Wildman–Crippen LogP) is 2.63. The third kappa shape index (κ3) is 3.68. The van der Waals surface area contributed by atoms with Gasteiger partial charge in [-0.05, 0) is 44.8 Å². The molecule has 0 aliphatic carbocycles. The number of likely N-dealkylation sites (N-methyl/N-ethyl adjacent to an activating group) is 1. The predicted molar refractivity (Wildman–Crippen MR) is 85.2 cm³/mol. The van der Waals surface area contributed by atoms with Gasteiger partial charge < -0.3 is 19.4 Å². The van der Waals surface area contributed by atoms with Gasteiger partial charge in [-0.1, -0.05) is 12.1 Å². The van der Waals surface area contributed by atoms with Crippen molar-refractivity contribution in [3.05, 3.63) is 53.5 Å². The second-order valence-electron chi connectivity index (χ2n) is 5.35. The molecule has 0 saturated carbocycles. The van der Waals surface area contributed by atoms with Crippen molar-refractivity contribution in [2.45, 2.75) is 13.0 Å². The Balaban J connectivity index is 2.05.